The molecule has 1 unspecified atom stereocenters. The number of hydrogen-bond donors (Lipinski definition) is 1. The van der Waals surface area contributed by atoms with Crippen molar-refractivity contribution in [1.82, 2.24) is 10.2 Å². The highest BCUT2D eigenvalue weighted by molar-refractivity contribution is 5.88. The Morgan fingerprint density at radius 1 is 1.03 bits per heavy atom. The summed E-state index contributed by atoms with van der Waals surface area (Å²) in [7, 11) is 3.05. The number of ether oxygens (including phenoxy) is 3. The van der Waals surface area contributed by atoms with Gasteiger partial charge in [0.25, 0.3) is 5.91 Å². The lowest BCUT2D eigenvalue weighted by Crippen LogP contribution is -2.50. The maximum Gasteiger partial charge on any atom is 0.261 e. The summed E-state index contributed by atoms with van der Waals surface area (Å²) in [6.45, 7) is 1.57. The highest BCUT2D eigenvalue weighted by atomic mass is 19.1. The van der Waals surface area contributed by atoms with Crippen molar-refractivity contribution in [3.8, 4) is 17.2 Å². The van der Waals surface area contributed by atoms with Crippen LogP contribution in [0.1, 0.15) is 38.2 Å². The van der Waals surface area contributed by atoms with Gasteiger partial charge in [-0.25, -0.2) is 4.39 Å². The first-order valence-corrected chi connectivity index (χ1v) is 11.1. The first-order chi connectivity index (χ1) is 15.9. The Morgan fingerprint density at radius 3 is 2.18 bits per heavy atom. The van der Waals surface area contributed by atoms with Crippen LogP contribution in [0.15, 0.2) is 42.5 Å². The van der Waals surface area contributed by atoms with E-state index in [1.165, 1.54) is 31.3 Å². The second kappa shape index (κ2) is 11.5. The van der Waals surface area contributed by atoms with Crippen LogP contribution >= 0.6 is 0 Å². The lowest BCUT2D eigenvalue weighted by molar-refractivity contribution is -0.142. The van der Waals surface area contributed by atoms with Crippen molar-refractivity contribution in [3.63, 3.8) is 0 Å². The lowest BCUT2D eigenvalue weighted by atomic mass is 10.1. The van der Waals surface area contributed by atoms with Gasteiger partial charge in [0, 0.05) is 30.8 Å². The third-order valence-electron chi connectivity index (χ3n) is 5.82. The SMILES string of the molecule is COc1cc(OC)cc(OCC(=O)N(Cc2ccc(F)cc2)C(C)C(=O)NC2CCCC2)c1. The molecule has 0 saturated heterocycles. The van der Waals surface area contributed by atoms with Crippen LogP contribution in [0.5, 0.6) is 17.2 Å². The predicted octanol–water partition coefficient (Wildman–Crippen LogP) is 3.70. The van der Waals surface area contributed by atoms with E-state index >= 15 is 0 Å². The minimum Gasteiger partial charge on any atom is -0.496 e. The van der Waals surface area contributed by atoms with Crippen LogP contribution in [0.3, 0.4) is 0 Å². The monoisotopic (exact) mass is 458 g/mol. The van der Waals surface area contributed by atoms with Crippen LogP contribution in [0, 0.1) is 5.82 Å². The lowest BCUT2D eigenvalue weighted by Gasteiger charge is -2.29. The van der Waals surface area contributed by atoms with Gasteiger partial charge in [0.05, 0.1) is 14.2 Å². The number of carbonyl (C=O) groups is 2. The number of nitrogens with one attached hydrogen (secondary N) is 1. The molecule has 0 spiro atoms. The fourth-order valence-electron chi connectivity index (χ4n) is 3.85. The van der Waals surface area contributed by atoms with Crippen molar-refractivity contribution in [2.75, 3.05) is 20.8 Å². The van der Waals surface area contributed by atoms with Gasteiger partial charge in [-0.2, -0.15) is 0 Å². The molecule has 1 atom stereocenters. The topological polar surface area (TPSA) is 77.1 Å². The molecule has 0 radical (unpaired) electrons. The molecule has 2 aromatic carbocycles. The molecule has 33 heavy (non-hydrogen) atoms. The maximum atomic E-state index is 13.3. The summed E-state index contributed by atoms with van der Waals surface area (Å²) in [5, 5.41) is 3.05. The molecule has 2 amide bonds. The fourth-order valence-corrected chi connectivity index (χ4v) is 3.85. The van der Waals surface area contributed by atoms with E-state index in [1.807, 2.05) is 0 Å². The molecule has 1 fully saturated rings. The smallest absolute Gasteiger partial charge is 0.261 e. The zero-order chi connectivity index (χ0) is 23.8. The highest BCUT2D eigenvalue weighted by Gasteiger charge is 2.28. The minimum atomic E-state index is -0.716. The minimum absolute atomic E-state index is 0.142. The average molecular weight is 459 g/mol. The molecule has 2 aromatic rings. The summed E-state index contributed by atoms with van der Waals surface area (Å²) >= 11 is 0. The van der Waals surface area contributed by atoms with Gasteiger partial charge in [0.2, 0.25) is 5.91 Å². The summed E-state index contributed by atoms with van der Waals surface area (Å²) < 4.78 is 29.5. The van der Waals surface area contributed by atoms with Gasteiger partial charge in [-0.15, -0.1) is 0 Å². The summed E-state index contributed by atoms with van der Waals surface area (Å²) in [5.74, 6) is 0.535. The molecule has 1 saturated carbocycles. The van der Waals surface area contributed by atoms with Crippen LogP contribution < -0.4 is 19.5 Å². The van der Waals surface area contributed by atoms with Crippen molar-refractivity contribution in [2.45, 2.75) is 51.2 Å². The third kappa shape index (κ3) is 6.84. The van der Waals surface area contributed by atoms with Gasteiger partial charge < -0.3 is 24.4 Å². The van der Waals surface area contributed by atoms with E-state index in [1.54, 1.807) is 37.3 Å². The van der Waals surface area contributed by atoms with Crippen LogP contribution in [0.25, 0.3) is 0 Å². The van der Waals surface area contributed by atoms with Crippen LogP contribution in [0.4, 0.5) is 4.39 Å². The summed E-state index contributed by atoms with van der Waals surface area (Å²) in [6, 6.07) is 10.3. The first-order valence-electron chi connectivity index (χ1n) is 11.1. The van der Waals surface area contributed by atoms with E-state index < -0.39 is 6.04 Å². The molecule has 0 heterocycles. The number of amides is 2. The Labute approximate surface area is 193 Å². The van der Waals surface area contributed by atoms with E-state index in [9.17, 15) is 14.0 Å². The molecule has 0 aliphatic heterocycles. The standard InChI is InChI=1S/C25H31FN2O5/c1-17(25(30)27-20-6-4-5-7-20)28(15-18-8-10-19(26)11-9-18)24(29)16-33-23-13-21(31-2)12-22(14-23)32-3/h8-14,17,20H,4-7,15-16H2,1-3H3,(H,27,30). The molecule has 1 N–H and O–H groups in total. The molecule has 0 aromatic heterocycles. The molecule has 178 valence electrons. The van der Waals surface area contributed by atoms with Crippen LogP contribution in [-0.4, -0.2) is 49.6 Å². The van der Waals surface area contributed by atoms with E-state index in [0.29, 0.717) is 22.8 Å². The van der Waals surface area contributed by atoms with Gasteiger partial charge >= 0.3 is 0 Å². The number of methoxy groups -OCH3 is 2. The van der Waals surface area contributed by atoms with Crippen molar-refractivity contribution in [1.29, 1.82) is 0 Å². The van der Waals surface area contributed by atoms with Gasteiger partial charge in [-0.3, -0.25) is 9.59 Å². The molecular weight excluding hydrogens is 427 g/mol. The van der Waals surface area contributed by atoms with Crippen molar-refractivity contribution >= 4 is 11.8 Å². The molecule has 1 aliphatic rings. The normalized spacial score (nSPS) is 14.4. The van der Waals surface area contributed by atoms with Crippen molar-refractivity contribution < 1.29 is 28.2 Å². The highest BCUT2D eigenvalue weighted by Crippen LogP contribution is 2.27. The van der Waals surface area contributed by atoms with Crippen molar-refractivity contribution in [3.05, 3.63) is 53.8 Å². The zero-order valence-corrected chi connectivity index (χ0v) is 19.3. The number of nitrogens with zero attached hydrogens (tertiary/aromatic N) is 1. The Hall–Kier alpha value is -3.29. The summed E-state index contributed by atoms with van der Waals surface area (Å²) in [5.41, 5.74) is 0.716. The Kier molecular flexibility index (Phi) is 8.52. The second-order valence-electron chi connectivity index (χ2n) is 8.15. The fraction of sp³-hybridized carbons (Fsp3) is 0.440. The number of carbonyl (C=O) groups excluding carboxylic acids is 2. The maximum absolute atomic E-state index is 13.3. The largest absolute Gasteiger partial charge is 0.496 e. The number of halogens is 1. The van der Waals surface area contributed by atoms with Crippen LogP contribution in [-0.2, 0) is 16.1 Å². The number of hydrogen-bond acceptors (Lipinski definition) is 5. The Bertz CT molecular complexity index is 922. The van der Waals surface area contributed by atoms with Gasteiger partial charge in [0.1, 0.15) is 29.1 Å². The Balaban J connectivity index is 1.73. The van der Waals surface area contributed by atoms with Crippen molar-refractivity contribution in [2.24, 2.45) is 0 Å². The summed E-state index contributed by atoms with van der Waals surface area (Å²) in [6.07, 6.45) is 4.08. The predicted molar refractivity (Wildman–Crippen MR) is 122 cm³/mol. The van der Waals surface area contributed by atoms with E-state index in [2.05, 4.69) is 5.32 Å². The first kappa shape index (κ1) is 24.4. The Morgan fingerprint density at radius 2 is 1.61 bits per heavy atom. The van der Waals surface area contributed by atoms with E-state index in [4.69, 9.17) is 14.2 Å². The average Bonchev–Trinajstić information content (AvgIpc) is 3.34. The molecule has 7 nitrogen and oxygen atoms in total. The molecular formula is C25H31FN2O5. The second-order valence-corrected chi connectivity index (χ2v) is 8.15. The van der Waals surface area contributed by atoms with Gasteiger partial charge in [0.15, 0.2) is 6.61 Å². The van der Waals surface area contributed by atoms with E-state index in [0.717, 1.165) is 25.7 Å². The molecule has 0 bridgehead atoms. The molecule has 1 aliphatic carbocycles. The zero-order valence-electron chi connectivity index (χ0n) is 19.3. The van der Waals surface area contributed by atoms with E-state index in [-0.39, 0.29) is 36.8 Å². The molecule has 8 heteroatoms. The molecule has 3 rings (SSSR count). The quantitative estimate of drug-likeness (QED) is 0.588. The van der Waals surface area contributed by atoms with Crippen LogP contribution in [0.2, 0.25) is 0 Å². The third-order valence-corrected chi connectivity index (χ3v) is 5.82. The number of benzene rings is 2. The number of rotatable bonds is 10. The summed E-state index contributed by atoms with van der Waals surface area (Å²) in [4.78, 5) is 27.5. The van der Waals surface area contributed by atoms with Gasteiger partial charge in [-0.1, -0.05) is 25.0 Å². The van der Waals surface area contributed by atoms with Gasteiger partial charge in [-0.05, 0) is 37.5 Å².